The van der Waals surface area contributed by atoms with Crippen LogP contribution in [0.15, 0.2) is 150 Å². The van der Waals surface area contributed by atoms with Gasteiger partial charge in [0.15, 0.2) is 0 Å². The first kappa shape index (κ1) is 25.7. The summed E-state index contributed by atoms with van der Waals surface area (Å²) < 4.78 is 0. The van der Waals surface area contributed by atoms with E-state index in [4.69, 9.17) is 4.99 Å². The van der Waals surface area contributed by atoms with E-state index in [9.17, 15) is 9.90 Å². The predicted octanol–water partition coefficient (Wildman–Crippen LogP) is 5.73. The third kappa shape index (κ3) is 5.83. The van der Waals surface area contributed by atoms with Gasteiger partial charge in [0.25, 0.3) is 6.71 Å². The van der Waals surface area contributed by atoms with Crippen LogP contribution >= 0.6 is 0 Å². The van der Waals surface area contributed by atoms with Crippen molar-refractivity contribution in [3.63, 3.8) is 0 Å². The third-order valence-corrected chi connectivity index (χ3v) is 6.79. The van der Waals surface area contributed by atoms with Crippen LogP contribution in [0.3, 0.4) is 0 Å². The minimum Gasteiger partial charge on any atom is -0.477 e. The van der Waals surface area contributed by atoms with Crippen LogP contribution < -0.4 is 15.8 Å². The standard InChI is InChI=1S/C34H29BN2O2/c1-2-37-25-24-26(30-20-12-13-21-32(30)37)22-23-31(34(38)39)36-33(27-14-6-3-7-15-27)35(28-16-8-4-9-17-28)29-18-10-5-11-19-29/h3-25H,2H2,1H3,(H,38,39)/b26-22+,31-23-,36-33?. The van der Waals surface area contributed by atoms with Gasteiger partial charge in [-0.3, -0.25) is 4.99 Å². The molecule has 5 heteroatoms. The molecule has 0 radical (unpaired) electrons. The van der Waals surface area contributed by atoms with E-state index in [0.29, 0.717) is 5.61 Å². The fourth-order valence-electron chi connectivity index (χ4n) is 4.89. The molecular formula is C34H29BN2O2. The van der Waals surface area contributed by atoms with Crippen LogP contribution in [0, 0.1) is 0 Å². The lowest BCUT2D eigenvalue weighted by Gasteiger charge is -2.26. The number of aliphatic carboxylic acids is 1. The van der Waals surface area contributed by atoms with Crippen LogP contribution in [0.4, 0.5) is 5.69 Å². The number of fused-ring (bicyclic) bond motifs is 1. The highest BCUT2D eigenvalue weighted by Crippen LogP contribution is 2.32. The highest BCUT2D eigenvalue weighted by molar-refractivity contribution is 7.10. The summed E-state index contributed by atoms with van der Waals surface area (Å²) in [6.07, 6.45) is 7.50. The second-order valence-electron chi connectivity index (χ2n) is 9.22. The zero-order chi connectivity index (χ0) is 27.0. The molecule has 0 unspecified atom stereocenters. The number of hydrogen-bond acceptors (Lipinski definition) is 3. The molecule has 0 atom stereocenters. The maximum absolute atomic E-state index is 12.5. The highest BCUT2D eigenvalue weighted by Gasteiger charge is 2.27. The molecular weight excluding hydrogens is 479 g/mol. The topological polar surface area (TPSA) is 52.9 Å². The second-order valence-corrected chi connectivity index (χ2v) is 9.22. The molecule has 0 amide bonds. The smallest absolute Gasteiger partial charge is 0.354 e. The average molecular weight is 508 g/mol. The summed E-state index contributed by atoms with van der Waals surface area (Å²) in [5.41, 5.74) is 6.70. The molecule has 1 aliphatic rings. The Balaban J connectivity index is 1.67. The summed E-state index contributed by atoms with van der Waals surface area (Å²) >= 11 is 0. The number of carbonyl (C=O) groups is 1. The third-order valence-electron chi connectivity index (χ3n) is 6.79. The molecule has 190 valence electrons. The van der Waals surface area contributed by atoms with Crippen LogP contribution in [0.1, 0.15) is 18.1 Å². The molecule has 0 aromatic heterocycles. The monoisotopic (exact) mass is 508 g/mol. The summed E-state index contributed by atoms with van der Waals surface area (Å²) in [6, 6.07) is 38.2. The van der Waals surface area contributed by atoms with Crippen molar-refractivity contribution in [1.82, 2.24) is 0 Å². The summed E-state index contributed by atoms with van der Waals surface area (Å²) in [5.74, 6) is -1.08. The second kappa shape index (κ2) is 12.1. The van der Waals surface area contributed by atoms with E-state index in [0.717, 1.165) is 39.9 Å². The molecule has 0 fully saturated rings. The van der Waals surface area contributed by atoms with E-state index in [2.05, 4.69) is 48.2 Å². The van der Waals surface area contributed by atoms with Crippen LogP contribution in [0.5, 0.6) is 0 Å². The number of rotatable bonds is 8. The summed E-state index contributed by atoms with van der Waals surface area (Å²) in [6.45, 7) is 2.70. The van der Waals surface area contributed by atoms with E-state index < -0.39 is 5.97 Å². The average Bonchev–Trinajstić information content (AvgIpc) is 2.99. The van der Waals surface area contributed by atoms with Gasteiger partial charge >= 0.3 is 5.97 Å². The Labute approximate surface area is 230 Å². The first-order valence-corrected chi connectivity index (χ1v) is 13.1. The van der Waals surface area contributed by atoms with Crippen molar-refractivity contribution in [1.29, 1.82) is 0 Å². The first-order chi connectivity index (χ1) is 19.2. The molecule has 0 aliphatic carbocycles. The summed E-state index contributed by atoms with van der Waals surface area (Å²) in [5, 5.41) is 10.3. The number of anilines is 1. The predicted molar refractivity (Wildman–Crippen MR) is 163 cm³/mol. The van der Waals surface area contributed by atoms with Gasteiger partial charge in [-0.2, -0.15) is 0 Å². The number of aliphatic imine (C=N–C) groups is 1. The van der Waals surface area contributed by atoms with E-state index in [1.165, 1.54) is 0 Å². The minimum atomic E-state index is -1.08. The molecule has 0 bridgehead atoms. The Morgan fingerprint density at radius 2 is 1.38 bits per heavy atom. The van der Waals surface area contributed by atoms with Gasteiger partial charge < -0.3 is 10.0 Å². The Bertz CT molecular complexity index is 1520. The van der Waals surface area contributed by atoms with Gasteiger partial charge in [-0.15, -0.1) is 0 Å². The lowest BCUT2D eigenvalue weighted by molar-refractivity contribution is -0.132. The van der Waals surface area contributed by atoms with Gasteiger partial charge in [-0.25, -0.2) is 4.79 Å². The quantitative estimate of drug-likeness (QED) is 0.188. The number of nitrogens with zero attached hydrogens (tertiary/aromatic N) is 2. The zero-order valence-electron chi connectivity index (χ0n) is 21.8. The summed E-state index contributed by atoms with van der Waals surface area (Å²) in [4.78, 5) is 19.6. The highest BCUT2D eigenvalue weighted by atomic mass is 16.4. The Hall–Kier alpha value is -4.90. The molecule has 0 saturated carbocycles. The van der Waals surface area contributed by atoms with Gasteiger partial charge in [0.2, 0.25) is 0 Å². The number of allylic oxidation sites excluding steroid dienone is 4. The van der Waals surface area contributed by atoms with Gasteiger partial charge in [-0.1, -0.05) is 126 Å². The van der Waals surface area contributed by atoms with Crippen molar-refractivity contribution < 1.29 is 9.90 Å². The van der Waals surface area contributed by atoms with Gasteiger partial charge in [-0.05, 0) is 36.3 Å². The molecule has 4 aromatic rings. The van der Waals surface area contributed by atoms with E-state index >= 15 is 0 Å². The van der Waals surface area contributed by atoms with Crippen molar-refractivity contribution in [3.8, 4) is 0 Å². The SMILES string of the molecule is CCN1C=C/C(=C\C=C(/N=C(B(c2ccccc2)c2ccccc2)c2ccccc2)C(=O)O)c2ccccc21. The van der Waals surface area contributed by atoms with Crippen LogP contribution in [0.2, 0.25) is 0 Å². The van der Waals surface area contributed by atoms with Crippen LogP contribution in [-0.2, 0) is 4.79 Å². The maximum atomic E-state index is 12.5. The zero-order valence-corrected chi connectivity index (χ0v) is 21.8. The molecule has 1 N–H and O–H groups in total. The molecule has 0 spiro atoms. The molecule has 4 nitrogen and oxygen atoms in total. The number of carboxylic acid groups (broad SMARTS) is 1. The van der Waals surface area contributed by atoms with E-state index in [-0.39, 0.29) is 12.4 Å². The van der Waals surface area contributed by atoms with Crippen molar-refractivity contribution in [2.45, 2.75) is 6.92 Å². The van der Waals surface area contributed by atoms with Gasteiger partial charge in [0, 0.05) is 29.6 Å². The van der Waals surface area contributed by atoms with E-state index in [1.807, 2.05) is 97.2 Å². The fraction of sp³-hybridized carbons (Fsp3) is 0.0588. The molecule has 39 heavy (non-hydrogen) atoms. The van der Waals surface area contributed by atoms with Crippen LogP contribution in [-0.4, -0.2) is 29.9 Å². The normalized spacial score (nSPS) is 14.3. The lowest BCUT2D eigenvalue weighted by atomic mass is 9.36. The van der Waals surface area contributed by atoms with Gasteiger partial charge in [0.05, 0.1) is 0 Å². The molecule has 1 aliphatic heterocycles. The van der Waals surface area contributed by atoms with Gasteiger partial charge in [0.1, 0.15) is 5.70 Å². The van der Waals surface area contributed by atoms with Crippen molar-refractivity contribution in [2.75, 3.05) is 11.4 Å². The Morgan fingerprint density at radius 3 is 1.97 bits per heavy atom. The largest absolute Gasteiger partial charge is 0.477 e. The minimum absolute atomic E-state index is 0.0259. The summed E-state index contributed by atoms with van der Waals surface area (Å²) in [7, 11) is 0. The van der Waals surface area contributed by atoms with Crippen molar-refractivity contribution >= 4 is 40.5 Å². The maximum Gasteiger partial charge on any atom is 0.354 e. The van der Waals surface area contributed by atoms with E-state index in [1.54, 1.807) is 6.08 Å². The first-order valence-electron chi connectivity index (χ1n) is 13.1. The Kier molecular flexibility index (Phi) is 7.99. The number of carboxylic acids is 1. The van der Waals surface area contributed by atoms with Crippen LogP contribution in [0.25, 0.3) is 5.57 Å². The molecule has 4 aromatic carbocycles. The number of hydrogen-bond donors (Lipinski definition) is 1. The number of benzene rings is 4. The molecule has 1 heterocycles. The fourth-order valence-corrected chi connectivity index (χ4v) is 4.89. The van der Waals surface area contributed by atoms with Crippen molar-refractivity contribution in [3.05, 3.63) is 157 Å². The molecule has 5 rings (SSSR count). The Morgan fingerprint density at radius 1 is 0.821 bits per heavy atom. The lowest BCUT2D eigenvalue weighted by Crippen LogP contribution is -2.49. The number of para-hydroxylation sites is 1. The van der Waals surface area contributed by atoms with Crippen molar-refractivity contribution in [2.24, 2.45) is 4.99 Å². The molecule has 0 saturated heterocycles.